The minimum atomic E-state index is -0.712. The van der Waals surface area contributed by atoms with E-state index in [2.05, 4.69) is 0 Å². The van der Waals surface area contributed by atoms with Crippen LogP contribution in [0.5, 0.6) is 0 Å². The highest BCUT2D eigenvalue weighted by Crippen LogP contribution is 1.70. The fraction of sp³-hybridized carbons (Fsp3) is 0.333. The lowest BCUT2D eigenvalue weighted by molar-refractivity contribution is 0.554. The Balaban J connectivity index is 2.62. The summed E-state index contributed by atoms with van der Waals surface area (Å²) in [7, 11) is 0. The van der Waals surface area contributed by atoms with Crippen LogP contribution in [0.1, 0.15) is 0 Å². The van der Waals surface area contributed by atoms with Gasteiger partial charge in [0.15, 0.2) is 0 Å². The van der Waals surface area contributed by atoms with Gasteiger partial charge in [0.25, 0.3) is 0 Å². The van der Waals surface area contributed by atoms with Crippen molar-refractivity contribution in [3.63, 3.8) is 0 Å². The second kappa shape index (κ2) is 3.60. The van der Waals surface area contributed by atoms with Crippen LogP contribution in [0, 0.1) is 0 Å². The first-order valence-electron chi connectivity index (χ1n) is 1.23. The summed E-state index contributed by atoms with van der Waals surface area (Å²) in [5.74, 6) is 0. The molecule has 0 saturated heterocycles. The van der Waals surface area contributed by atoms with Crippen molar-refractivity contribution >= 4 is 0 Å². The van der Waals surface area contributed by atoms with E-state index in [-0.39, 0.29) is 6.33 Å². The molecule has 0 aromatic heterocycles. The Morgan fingerprint density at radius 1 is 1.60 bits per heavy atom. The quantitative estimate of drug-likeness (QED) is 0.445. The molecule has 0 aliphatic carbocycles. The molecule has 0 aromatic carbocycles. The topological polar surface area (TPSA) is 0 Å². The van der Waals surface area contributed by atoms with Crippen molar-refractivity contribution in [3.05, 3.63) is 12.4 Å². The van der Waals surface area contributed by atoms with Crippen molar-refractivity contribution in [2.75, 3.05) is 6.67 Å². The molecule has 0 radical (unpaired) electrons. The van der Waals surface area contributed by atoms with Gasteiger partial charge in [0.05, 0.1) is 6.33 Å². The fourth-order valence-corrected chi connectivity index (χ4v) is 0.0337. The van der Waals surface area contributed by atoms with Crippen LogP contribution in [-0.4, -0.2) is 6.67 Å². The molecule has 0 aliphatic rings. The largest absolute Gasteiger partial charge is 0.246 e. The van der Waals surface area contributed by atoms with E-state index < -0.39 is 6.67 Å². The summed E-state index contributed by atoms with van der Waals surface area (Å²) in [6.45, 7) is -0.712. The highest BCUT2D eigenvalue weighted by Gasteiger charge is 1.59. The van der Waals surface area contributed by atoms with Crippen molar-refractivity contribution in [3.8, 4) is 0 Å². The monoisotopic (exact) mass is 78.0 g/mol. The molecule has 0 fully saturated rings. The van der Waals surface area contributed by atoms with Crippen molar-refractivity contribution in [1.29, 1.82) is 0 Å². The summed E-state index contributed by atoms with van der Waals surface area (Å²) in [5, 5.41) is 0. The Morgan fingerprint density at radius 3 is 2.20 bits per heavy atom. The second-order valence-corrected chi connectivity index (χ2v) is 0.516. The molecule has 5 heavy (non-hydrogen) atoms. The third-order valence-corrected chi connectivity index (χ3v) is 0.178. The lowest BCUT2D eigenvalue weighted by Gasteiger charge is -1.59. The highest BCUT2D eigenvalue weighted by molar-refractivity contribution is 4.68. The maximum Gasteiger partial charge on any atom is 0.110 e. The van der Waals surface area contributed by atoms with Crippen molar-refractivity contribution in [1.82, 2.24) is 0 Å². The summed E-state index contributed by atoms with van der Waals surface area (Å²) in [6.07, 6.45) is 0.972. The molecular formula is C3H4F2. The Labute approximate surface area is 29.1 Å². The van der Waals surface area contributed by atoms with Gasteiger partial charge in [-0.2, -0.15) is 0 Å². The normalized spacial score (nSPS) is 10.0. The average Bonchev–Trinajstić information content (AvgIpc) is 1.41. The number of rotatable bonds is 1. The van der Waals surface area contributed by atoms with Gasteiger partial charge in [-0.05, 0) is 6.08 Å². The summed E-state index contributed by atoms with van der Waals surface area (Å²) < 4.78 is 21.2. The van der Waals surface area contributed by atoms with Crippen LogP contribution < -0.4 is 0 Å². The molecule has 0 bridgehead atoms. The van der Waals surface area contributed by atoms with Crippen LogP contribution in [0.2, 0.25) is 0 Å². The van der Waals surface area contributed by atoms with Gasteiger partial charge < -0.3 is 0 Å². The molecule has 0 amide bonds. The summed E-state index contributed by atoms with van der Waals surface area (Å²) >= 11 is 0. The molecule has 0 N–H and O–H groups in total. The van der Waals surface area contributed by atoms with Crippen LogP contribution in [0.3, 0.4) is 0 Å². The average molecular weight is 78.1 g/mol. The summed E-state index contributed by atoms with van der Waals surface area (Å²) in [6, 6.07) is 0. The molecular weight excluding hydrogens is 74.0 g/mol. The van der Waals surface area contributed by atoms with Gasteiger partial charge in [0.2, 0.25) is 0 Å². The van der Waals surface area contributed by atoms with E-state index in [1.807, 2.05) is 0 Å². The van der Waals surface area contributed by atoms with Gasteiger partial charge in [0, 0.05) is 0 Å². The molecule has 0 aliphatic heterocycles. The molecule has 0 atom stereocenters. The predicted octanol–water partition coefficient (Wildman–Crippen LogP) is 1.44. The third-order valence-electron chi connectivity index (χ3n) is 0.178. The highest BCUT2D eigenvalue weighted by atomic mass is 19.1. The van der Waals surface area contributed by atoms with Crippen molar-refractivity contribution < 1.29 is 8.78 Å². The summed E-state index contributed by atoms with van der Waals surface area (Å²) in [4.78, 5) is 0. The Morgan fingerprint density at radius 2 is 2.20 bits per heavy atom. The molecule has 0 heterocycles. The van der Waals surface area contributed by atoms with Gasteiger partial charge in [-0.25, -0.2) is 8.78 Å². The zero-order chi connectivity index (χ0) is 4.12. The van der Waals surface area contributed by atoms with Gasteiger partial charge >= 0.3 is 0 Å². The zero-order valence-electron chi connectivity index (χ0n) is 2.62. The van der Waals surface area contributed by atoms with Gasteiger partial charge in [0.1, 0.15) is 6.67 Å². The molecule has 0 saturated carbocycles. The smallest absolute Gasteiger partial charge is 0.110 e. The maximum absolute atomic E-state index is 10.7. The summed E-state index contributed by atoms with van der Waals surface area (Å²) in [5.41, 5.74) is 0. The lowest BCUT2D eigenvalue weighted by atomic mass is 10.7. The number of halogens is 2. The van der Waals surface area contributed by atoms with E-state index in [9.17, 15) is 8.78 Å². The Kier molecular flexibility index (Phi) is 3.31. The van der Waals surface area contributed by atoms with Crippen molar-refractivity contribution in [2.45, 2.75) is 0 Å². The van der Waals surface area contributed by atoms with Crippen LogP contribution in [0.4, 0.5) is 8.78 Å². The molecule has 0 aromatic rings. The van der Waals surface area contributed by atoms with Gasteiger partial charge in [-0.15, -0.1) is 0 Å². The number of hydrogen-bond acceptors (Lipinski definition) is 0. The zero-order valence-corrected chi connectivity index (χ0v) is 2.62. The van der Waals surface area contributed by atoms with Crippen LogP contribution >= 0.6 is 0 Å². The Bertz CT molecular complexity index is 31.9. The van der Waals surface area contributed by atoms with E-state index in [4.69, 9.17) is 0 Å². The first-order chi connectivity index (χ1) is 2.41. The third kappa shape index (κ3) is 3.60. The lowest BCUT2D eigenvalue weighted by Crippen LogP contribution is -1.52. The van der Waals surface area contributed by atoms with E-state index in [1.54, 1.807) is 0 Å². The standard InChI is InChI=1S/C3H4F2/c4-2-1-3-5/h1-2H,3H2/b2-1-. The fourth-order valence-electron chi connectivity index (χ4n) is 0.0337. The number of allylic oxidation sites excluding steroid dienone is 1. The predicted molar refractivity (Wildman–Crippen MR) is 16.2 cm³/mol. The van der Waals surface area contributed by atoms with E-state index >= 15 is 0 Å². The van der Waals surface area contributed by atoms with Gasteiger partial charge in [-0.1, -0.05) is 0 Å². The minimum absolute atomic E-state index is 0.181. The molecule has 2 heteroatoms. The first-order valence-corrected chi connectivity index (χ1v) is 1.23. The first kappa shape index (κ1) is 4.60. The molecule has 30 valence electrons. The minimum Gasteiger partial charge on any atom is -0.246 e. The molecule has 0 spiro atoms. The van der Waals surface area contributed by atoms with E-state index in [1.165, 1.54) is 0 Å². The van der Waals surface area contributed by atoms with E-state index in [0.29, 0.717) is 0 Å². The number of alkyl halides is 1. The Hall–Kier alpha value is -0.400. The van der Waals surface area contributed by atoms with Crippen LogP contribution in [-0.2, 0) is 0 Å². The van der Waals surface area contributed by atoms with Crippen LogP contribution in [0.15, 0.2) is 12.4 Å². The molecule has 0 unspecified atom stereocenters. The molecule has 0 nitrogen and oxygen atoms in total. The van der Waals surface area contributed by atoms with Crippen molar-refractivity contribution in [2.24, 2.45) is 0 Å². The van der Waals surface area contributed by atoms with Gasteiger partial charge in [-0.3, -0.25) is 0 Å². The second-order valence-electron chi connectivity index (χ2n) is 0.516. The SMILES string of the molecule is F/C=C\CF. The maximum atomic E-state index is 10.7. The number of hydrogen-bond donors (Lipinski definition) is 0. The van der Waals surface area contributed by atoms with E-state index in [0.717, 1.165) is 6.08 Å². The molecule has 0 rings (SSSR count). The van der Waals surface area contributed by atoms with Crippen LogP contribution in [0.25, 0.3) is 0 Å².